The number of likely N-dealkylation sites (N-methyl/N-ethyl adjacent to an activating group) is 1. The number of hydrogen-bond acceptors (Lipinski definition) is 5. The van der Waals surface area contributed by atoms with Crippen LogP contribution in [0.25, 0.3) is 0 Å². The van der Waals surface area contributed by atoms with E-state index in [0.717, 1.165) is 13.1 Å². The largest absolute Gasteiger partial charge is 0.353 e. The number of carbonyl (C=O) groups excluding carboxylic acids is 1. The molecule has 1 aromatic carbocycles. The molecule has 0 fully saturated rings. The van der Waals surface area contributed by atoms with E-state index in [1.54, 1.807) is 18.2 Å². The molecule has 0 aliphatic heterocycles. The van der Waals surface area contributed by atoms with Gasteiger partial charge in [0.1, 0.15) is 5.82 Å². The Morgan fingerprint density at radius 2 is 1.88 bits per heavy atom. The van der Waals surface area contributed by atoms with Crippen molar-refractivity contribution < 1.29 is 9.18 Å². The Morgan fingerprint density at radius 1 is 1.17 bits per heavy atom. The van der Waals surface area contributed by atoms with Crippen LogP contribution in [0.2, 0.25) is 0 Å². The van der Waals surface area contributed by atoms with Gasteiger partial charge in [0, 0.05) is 32.0 Å². The van der Waals surface area contributed by atoms with Crippen LogP contribution in [0.5, 0.6) is 0 Å². The highest BCUT2D eigenvalue weighted by Crippen LogP contribution is 2.06. The minimum absolute atomic E-state index is 0.261. The molecular formula is C17H22FN5O. The average molecular weight is 331 g/mol. The minimum Gasteiger partial charge on any atom is -0.353 e. The van der Waals surface area contributed by atoms with Gasteiger partial charge in [0.05, 0.1) is 5.56 Å². The van der Waals surface area contributed by atoms with Crippen LogP contribution >= 0.6 is 0 Å². The zero-order valence-electron chi connectivity index (χ0n) is 13.9. The van der Waals surface area contributed by atoms with Crippen LogP contribution in [-0.2, 0) is 6.42 Å². The number of rotatable bonds is 8. The van der Waals surface area contributed by atoms with Gasteiger partial charge in [-0.2, -0.15) is 0 Å². The number of hydrogen-bond donors (Lipinski definition) is 2. The smallest absolute Gasteiger partial charge is 0.254 e. The lowest BCUT2D eigenvalue weighted by molar-refractivity contribution is 0.0953. The fourth-order valence-electron chi connectivity index (χ4n) is 2.04. The van der Waals surface area contributed by atoms with E-state index in [2.05, 4.69) is 20.6 Å². The Bertz CT molecular complexity index is 660. The van der Waals surface area contributed by atoms with Crippen LogP contribution in [0.3, 0.4) is 0 Å². The maximum absolute atomic E-state index is 13.5. The summed E-state index contributed by atoms with van der Waals surface area (Å²) in [5.74, 6) is -0.0471. The van der Waals surface area contributed by atoms with Crippen LogP contribution < -0.4 is 10.6 Å². The van der Waals surface area contributed by atoms with Gasteiger partial charge >= 0.3 is 0 Å². The lowest BCUT2D eigenvalue weighted by Crippen LogP contribution is -2.26. The molecule has 1 amide bonds. The summed E-state index contributed by atoms with van der Waals surface area (Å²) in [4.78, 5) is 22.3. The first kappa shape index (κ1) is 17.8. The number of aromatic nitrogens is 2. The zero-order chi connectivity index (χ0) is 17.4. The highest BCUT2D eigenvalue weighted by Gasteiger charge is 2.07. The van der Waals surface area contributed by atoms with Crippen LogP contribution in [0.15, 0.2) is 36.7 Å². The quantitative estimate of drug-likeness (QED) is 0.768. The summed E-state index contributed by atoms with van der Waals surface area (Å²) in [6.07, 6.45) is 3.39. The van der Waals surface area contributed by atoms with E-state index in [9.17, 15) is 9.18 Å². The fraction of sp³-hybridized carbons (Fsp3) is 0.353. The van der Waals surface area contributed by atoms with Crippen molar-refractivity contribution in [3.63, 3.8) is 0 Å². The van der Waals surface area contributed by atoms with Gasteiger partial charge < -0.3 is 15.5 Å². The molecule has 0 spiro atoms. The molecule has 1 heterocycles. The van der Waals surface area contributed by atoms with Crippen LogP contribution in [0, 0.1) is 5.82 Å². The maximum Gasteiger partial charge on any atom is 0.254 e. The predicted molar refractivity (Wildman–Crippen MR) is 91.5 cm³/mol. The summed E-state index contributed by atoms with van der Waals surface area (Å²) in [5, 5.41) is 5.82. The van der Waals surface area contributed by atoms with Gasteiger partial charge in [-0.25, -0.2) is 14.4 Å². The van der Waals surface area contributed by atoms with Crippen LogP contribution in [-0.4, -0.2) is 54.5 Å². The molecule has 0 saturated heterocycles. The van der Waals surface area contributed by atoms with Gasteiger partial charge in [-0.15, -0.1) is 0 Å². The van der Waals surface area contributed by atoms with E-state index >= 15 is 0 Å². The van der Waals surface area contributed by atoms with Gasteiger partial charge in [-0.3, -0.25) is 4.79 Å². The second kappa shape index (κ2) is 8.93. The summed E-state index contributed by atoms with van der Waals surface area (Å²) in [7, 11) is 3.97. The van der Waals surface area contributed by atoms with Crippen molar-refractivity contribution in [1.29, 1.82) is 0 Å². The molecule has 0 bridgehead atoms. The number of nitrogens with one attached hydrogen (secondary N) is 2. The third-order valence-corrected chi connectivity index (χ3v) is 3.39. The lowest BCUT2D eigenvalue weighted by atomic mass is 10.1. The molecular weight excluding hydrogens is 309 g/mol. The predicted octanol–water partition coefficient (Wildman–Crippen LogP) is 1.56. The first-order chi connectivity index (χ1) is 11.6. The van der Waals surface area contributed by atoms with Crippen molar-refractivity contribution in [2.24, 2.45) is 0 Å². The molecule has 7 heteroatoms. The van der Waals surface area contributed by atoms with Crippen molar-refractivity contribution in [2.45, 2.75) is 6.42 Å². The Hall–Kier alpha value is -2.54. The molecule has 0 unspecified atom stereocenters. The van der Waals surface area contributed by atoms with Crippen molar-refractivity contribution in [2.75, 3.05) is 39.0 Å². The fourth-order valence-corrected chi connectivity index (χ4v) is 2.04. The van der Waals surface area contributed by atoms with Crippen molar-refractivity contribution in [1.82, 2.24) is 20.2 Å². The molecule has 24 heavy (non-hydrogen) atoms. The van der Waals surface area contributed by atoms with Gasteiger partial charge in [0.15, 0.2) is 0 Å². The summed E-state index contributed by atoms with van der Waals surface area (Å²) in [6.45, 7) is 1.94. The van der Waals surface area contributed by atoms with Crippen LogP contribution in [0.1, 0.15) is 15.9 Å². The first-order valence-electron chi connectivity index (χ1n) is 7.78. The number of carbonyl (C=O) groups is 1. The summed E-state index contributed by atoms with van der Waals surface area (Å²) >= 11 is 0. The third-order valence-electron chi connectivity index (χ3n) is 3.39. The normalized spacial score (nSPS) is 10.7. The van der Waals surface area contributed by atoms with E-state index < -0.39 is 0 Å². The molecule has 128 valence electrons. The SMILES string of the molecule is CN(C)CCNc1ncc(C(=O)NCCc2ccccc2F)cn1. The Morgan fingerprint density at radius 3 is 2.54 bits per heavy atom. The maximum atomic E-state index is 13.5. The number of halogens is 1. The molecule has 2 aromatic rings. The summed E-state index contributed by atoms with van der Waals surface area (Å²) < 4.78 is 13.5. The Kier molecular flexibility index (Phi) is 6.62. The number of benzene rings is 1. The van der Waals surface area contributed by atoms with Gasteiger partial charge in [0.2, 0.25) is 5.95 Å². The average Bonchev–Trinajstić information content (AvgIpc) is 2.57. The van der Waals surface area contributed by atoms with Crippen molar-refractivity contribution in [3.05, 3.63) is 53.6 Å². The molecule has 0 saturated carbocycles. The third kappa shape index (κ3) is 5.58. The highest BCUT2D eigenvalue weighted by molar-refractivity contribution is 5.93. The number of nitrogens with zero attached hydrogens (tertiary/aromatic N) is 3. The minimum atomic E-state index is -0.272. The van der Waals surface area contributed by atoms with Gasteiger partial charge in [-0.1, -0.05) is 18.2 Å². The van der Waals surface area contributed by atoms with Crippen molar-refractivity contribution >= 4 is 11.9 Å². The molecule has 0 radical (unpaired) electrons. The van der Waals surface area contributed by atoms with E-state index in [1.807, 2.05) is 19.0 Å². The number of anilines is 1. The monoisotopic (exact) mass is 331 g/mol. The summed E-state index contributed by atoms with van der Waals surface area (Å²) in [6, 6.07) is 6.53. The van der Waals surface area contributed by atoms with E-state index in [0.29, 0.717) is 30.0 Å². The molecule has 1 aromatic heterocycles. The molecule has 2 rings (SSSR count). The highest BCUT2D eigenvalue weighted by atomic mass is 19.1. The van der Waals surface area contributed by atoms with E-state index in [4.69, 9.17) is 0 Å². The molecule has 0 atom stereocenters. The second-order valence-electron chi connectivity index (χ2n) is 5.62. The number of amides is 1. The topological polar surface area (TPSA) is 70.2 Å². The standard InChI is InChI=1S/C17H22FN5O/c1-23(2)10-9-20-17-21-11-14(12-22-17)16(24)19-8-7-13-5-3-4-6-15(13)18/h3-6,11-12H,7-10H2,1-2H3,(H,19,24)(H,20,21,22). The second-order valence-corrected chi connectivity index (χ2v) is 5.62. The van der Waals surface area contributed by atoms with Crippen molar-refractivity contribution in [3.8, 4) is 0 Å². The van der Waals surface area contributed by atoms with Gasteiger partial charge in [0.25, 0.3) is 5.91 Å². The Labute approximate surface area is 141 Å². The van der Waals surface area contributed by atoms with E-state index in [-0.39, 0.29) is 11.7 Å². The van der Waals surface area contributed by atoms with E-state index in [1.165, 1.54) is 18.5 Å². The molecule has 0 aliphatic carbocycles. The first-order valence-corrected chi connectivity index (χ1v) is 7.78. The Balaban J connectivity index is 1.79. The zero-order valence-corrected chi connectivity index (χ0v) is 13.9. The molecule has 2 N–H and O–H groups in total. The lowest BCUT2D eigenvalue weighted by Gasteiger charge is -2.10. The molecule has 0 aliphatic rings. The molecule has 6 nitrogen and oxygen atoms in total. The van der Waals surface area contributed by atoms with Crippen LogP contribution in [0.4, 0.5) is 10.3 Å². The van der Waals surface area contributed by atoms with Gasteiger partial charge in [-0.05, 0) is 32.1 Å². The summed E-state index contributed by atoms with van der Waals surface area (Å²) in [5.41, 5.74) is 0.955.